The van der Waals surface area contributed by atoms with E-state index in [9.17, 15) is 14.3 Å². The van der Waals surface area contributed by atoms with Crippen LogP contribution in [0.15, 0.2) is 42.5 Å². The Kier molecular flexibility index (Phi) is 2.68. The summed E-state index contributed by atoms with van der Waals surface area (Å²) in [5, 5.41) is 9.29. The van der Waals surface area contributed by atoms with Gasteiger partial charge in [0.05, 0.1) is 5.56 Å². The molecule has 1 N–H and O–H groups in total. The maximum Gasteiger partial charge on any atom is 0.156 e. The minimum Gasteiger partial charge on any atom is -0.507 e. The van der Waals surface area contributed by atoms with Crippen molar-refractivity contribution in [3.8, 4) is 16.9 Å². The van der Waals surface area contributed by atoms with E-state index in [1.54, 1.807) is 24.3 Å². The van der Waals surface area contributed by atoms with Crippen molar-refractivity contribution < 1.29 is 14.3 Å². The van der Waals surface area contributed by atoms with E-state index in [-0.39, 0.29) is 11.3 Å². The number of hydrogen-bond donors (Lipinski definition) is 1. The van der Waals surface area contributed by atoms with Crippen LogP contribution in [-0.4, -0.2) is 11.4 Å². The van der Waals surface area contributed by atoms with Crippen LogP contribution < -0.4 is 0 Å². The average molecular weight is 216 g/mol. The molecule has 3 heteroatoms. The summed E-state index contributed by atoms with van der Waals surface area (Å²) in [7, 11) is 0. The first-order valence-electron chi connectivity index (χ1n) is 4.76. The highest BCUT2D eigenvalue weighted by atomic mass is 19.1. The number of hydrogen-bond acceptors (Lipinski definition) is 2. The Bertz CT molecular complexity index is 521. The zero-order valence-electron chi connectivity index (χ0n) is 8.35. The number of phenols is 1. The first-order valence-corrected chi connectivity index (χ1v) is 4.76. The van der Waals surface area contributed by atoms with Crippen molar-refractivity contribution in [3.63, 3.8) is 0 Å². The fourth-order valence-electron chi connectivity index (χ4n) is 1.54. The minimum absolute atomic E-state index is 0.304. The standard InChI is InChI=1S/C13H9FO2/c14-13-10(9-4-2-1-3-5-9)6-7-12(16)11(13)8-15/h1-8,16H. The fourth-order valence-corrected chi connectivity index (χ4v) is 1.54. The van der Waals surface area contributed by atoms with Gasteiger partial charge in [-0.25, -0.2) is 4.39 Å². The molecule has 0 atom stereocenters. The molecular weight excluding hydrogens is 207 g/mol. The summed E-state index contributed by atoms with van der Waals surface area (Å²) < 4.78 is 13.8. The number of phenolic OH excluding ortho intramolecular Hbond substituents is 1. The molecule has 2 aromatic carbocycles. The van der Waals surface area contributed by atoms with Crippen LogP contribution in [0.25, 0.3) is 11.1 Å². The third-order valence-electron chi connectivity index (χ3n) is 2.36. The van der Waals surface area contributed by atoms with Gasteiger partial charge in [0.25, 0.3) is 0 Å². The van der Waals surface area contributed by atoms with Crippen LogP contribution in [-0.2, 0) is 0 Å². The lowest BCUT2D eigenvalue weighted by atomic mass is 10.0. The monoisotopic (exact) mass is 216 g/mol. The van der Waals surface area contributed by atoms with Gasteiger partial charge in [0, 0.05) is 5.56 Å². The smallest absolute Gasteiger partial charge is 0.156 e. The second-order valence-electron chi connectivity index (χ2n) is 3.34. The molecule has 80 valence electrons. The van der Waals surface area contributed by atoms with Gasteiger partial charge in [-0.1, -0.05) is 30.3 Å². The molecule has 0 radical (unpaired) electrons. The molecular formula is C13H9FO2. The van der Waals surface area contributed by atoms with Crippen LogP contribution in [0.5, 0.6) is 5.75 Å². The molecule has 0 aromatic heterocycles. The quantitative estimate of drug-likeness (QED) is 0.783. The largest absolute Gasteiger partial charge is 0.507 e. The summed E-state index contributed by atoms with van der Waals surface area (Å²) in [5.41, 5.74) is 0.671. The number of halogens is 1. The van der Waals surface area contributed by atoms with Gasteiger partial charge in [0.15, 0.2) is 6.29 Å². The van der Waals surface area contributed by atoms with Crippen LogP contribution in [0.4, 0.5) is 4.39 Å². The summed E-state index contributed by atoms with van der Waals surface area (Å²) >= 11 is 0. The van der Waals surface area contributed by atoms with Crippen LogP contribution in [0, 0.1) is 5.82 Å². The first kappa shape index (κ1) is 10.4. The Morgan fingerprint density at radius 3 is 2.38 bits per heavy atom. The van der Waals surface area contributed by atoms with Crippen molar-refractivity contribution >= 4 is 6.29 Å². The SMILES string of the molecule is O=Cc1c(O)ccc(-c2ccccc2)c1F. The Morgan fingerprint density at radius 1 is 1.06 bits per heavy atom. The number of carbonyl (C=O) groups excluding carboxylic acids is 1. The maximum atomic E-state index is 13.8. The van der Waals surface area contributed by atoms with Gasteiger partial charge in [0.1, 0.15) is 11.6 Å². The highest BCUT2D eigenvalue weighted by Crippen LogP contribution is 2.28. The number of rotatable bonds is 2. The van der Waals surface area contributed by atoms with Crippen molar-refractivity contribution in [2.45, 2.75) is 0 Å². The van der Waals surface area contributed by atoms with Crippen molar-refractivity contribution in [1.29, 1.82) is 0 Å². The zero-order valence-corrected chi connectivity index (χ0v) is 8.35. The maximum absolute atomic E-state index is 13.8. The lowest BCUT2D eigenvalue weighted by molar-refractivity contribution is 0.111. The van der Waals surface area contributed by atoms with E-state index in [0.717, 1.165) is 0 Å². The van der Waals surface area contributed by atoms with Gasteiger partial charge in [0.2, 0.25) is 0 Å². The van der Waals surface area contributed by atoms with Crippen LogP contribution in [0.2, 0.25) is 0 Å². The third kappa shape index (κ3) is 1.67. The summed E-state index contributed by atoms with van der Waals surface area (Å²) in [4.78, 5) is 10.6. The van der Waals surface area contributed by atoms with Crippen LogP contribution in [0.3, 0.4) is 0 Å². The zero-order chi connectivity index (χ0) is 11.5. The Labute approximate surface area is 92.0 Å². The van der Waals surface area contributed by atoms with E-state index in [1.807, 2.05) is 6.07 Å². The molecule has 16 heavy (non-hydrogen) atoms. The number of aromatic hydroxyl groups is 1. The summed E-state index contributed by atoms with van der Waals surface area (Å²) in [6, 6.07) is 11.6. The Balaban J connectivity index is 2.64. The minimum atomic E-state index is -0.693. The van der Waals surface area contributed by atoms with Gasteiger partial charge < -0.3 is 5.11 Å². The number of aldehydes is 1. The fraction of sp³-hybridized carbons (Fsp3) is 0. The molecule has 0 unspecified atom stereocenters. The van der Waals surface area contributed by atoms with Crippen molar-refractivity contribution in [1.82, 2.24) is 0 Å². The molecule has 0 saturated carbocycles. The lowest BCUT2D eigenvalue weighted by Crippen LogP contribution is -1.92. The first-order chi connectivity index (χ1) is 7.74. The lowest BCUT2D eigenvalue weighted by Gasteiger charge is -2.06. The molecule has 2 rings (SSSR count). The van der Waals surface area contributed by atoms with E-state index >= 15 is 0 Å². The molecule has 0 saturated heterocycles. The van der Waals surface area contributed by atoms with E-state index in [1.165, 1.54) is 12.1 Å². The van der Waals surface area contributed by atoms with E-state index < -0.39 is 5.82 Å². The molecule has 0 heterocycles. The topological polar surface area (TPSA) is 37.3 Å². The van der Waals surface area contributed by atoms with Gasteiger partial charge >= 0.3 is 0 Å². The van der Waals surface area contributed by atoms with Crippen LogP contribution >= 0.6 is 0 Å². The van der Waals surface area contributed by atoms with Gasteiger partial charge in [-0.15, -0.1) is 0 Å². The van der Waals surface area contributed by atoms with E-state index in [0.29, 0.717) is 17.4 Å². The normalized spacial score (nSPS) is 10.1. The van der Waals surface area contributed by atoms with Gasteiger partial charge in [-0.05, 0) is 17.7 Å². The highest BCUT2D eigenvalue weighted by molar-refractivity contribution is 5.83. The van der Waals surface area contributed by atoms with Crippen LogP contribution in [0.1, 0.15) is 10.4 Å². The van der Waals surface area contributed by atoms with E-state index in [4.69, 9.17) is 0 Å². The third-order valence-corrected chi connectivity index (χ3v) is 2.36. The predicted octanol–water partition coefficient (Wildman–Crippen LogP) is 3.01. The number of carbonyl (C=O) groups is 1. The molecule has 0 amide bonds. The molecule has 0 bridgehead atoms. The summed E-state index contributed by atoms with van der Waals surface area (Å²) in [5.74, 6) is -1.03. The van der Waals surface area contributed by atoms with Gasteiger partial charge in [-0.3, -0.25) is 4.79 Å². The summed E-state index contributed by atoms with van der Waals surface area (Å²) in [6.45, 7) is 0. The average Bonchev–Trinajstić information content (AvgIpc) is 2.31. The van der Waals surface area contributed by atoms with Crippen molar-refractivity contribution in [2.24, 2.45) is 0 Å². The molecule has 0 fully saturated rings. The van der Waals surface area contributed by atoms with Crippen molar-refractivity contribution in [2.75, 3.05) is 0 Å². The second kappa shape index (κ2) is 4.14. The number of benzene rings is 2. The summed E-state index contributed by atoms with van der Waals surface area (Å²) in [6.07, 6.45) is 0.317. The molecule has 0 aliphatic carbocycles. The van der Waals surface area contributed by atoms with Gasteiger partial charge in [-0.2, -0.15) is 0 Å². The molecule has 2 aromatic rings. The molecule has 0 spiro atoms. The Hall–Kier alpha value is -2.16. The molecule has 2 nitrogen and oxygen atoms in total. The second-order valence-corrected chi connectivity index (χ2v) is 3.34. The highest BCUT2D eigenvalue weighted by Gasteiger charge is 2.13. The van der Waals surface area contributed by atoms with E-state index in [2.05, 4.69) is 0 Å². The Morgan fingerprint density at radius 2 is 1.75 bits per heavy atom. The van der Waals surface area contributed by atoms with Crippen molar-refractivity contribution in [3.05, 3.63) is 53.8 Å². The molecule has 0 aliphatic heterocycles. The predicted molar refractivity (Wildman–Crippen MR) is 58.9 cm³/mol. The molecule has 0 aliphatic rings.